The quantitative estimate of drug-likeness (QED) is 0.709. The normalized spacial score (nSPS) is 10.1. The Bertz CT molecular complexity index is 412. The fourth-order valence-electron chi connectivity index (χ4n) is 1.22. The van der Waals surface area contributed by atoms with Crippen molar-refractivity contribution in [2.45, 2.75) is 13.3 Å². The smallest absolute Gasteiger partial charge is 0.239 e. The van der Waals surface area contributed by atoms with Crippen LogP contribution >= 0.6 is 11.6 Å². The summed E-state index contributed by atoms with van der Waals surface area (Å²) in [5, 5.41) is 5.40. The van der Waals surface area contributed by atoms with Gasteiger partial charge < -0.3 is 16.4 Å². The van der Waals surface area contributed by atoms with Gasteiger partial charge in [0.1, 0.15) is 5.82 Å². The molecule has 1 rings (SSSR count). The van der Waals surface area contributed by atoms with Crippen molar-refractivity contribution in [1.29, 1.82) is 0 Å². The Hall–Kier alpha value is -1.49. The molecule has 6 heteroatoms. The zero-order valence-electron chi connectivity index (χ0n) is 9.52. The predicted octanol–water partition coefficient (Wildman–Crippen LogP) is 2.00. The molecule has 0 spiro atoms. The third-order valence-electron chi connectivity index (χ3n) is 2.10. The highest BCUT2D eigenvalue weighted by molar-refractivity contribution is 6.31. The van der Waals surface area contributed by atoms with Crippen molar-refractivity contribution in [3.05, 3.63) is 23.0 Å². The SMILES string of the molecule is CCCNC(=O)CNc1cc(F)c(Cl)cc1N. The van der Waals surface area contributed by atoms with Gasteiger partial charge in [-0.25, -0.2) is 4.39 Å². The van der Waals surface area contributed by atoms with Crippen LogP contribution in [0, 0.1) is 5.82 Å². The molecule has 0 aromatic heterocycles. The Balaban J connectivity index is 2.57. The standard InChI is InChI=1S/C11H15ClFN3O/c1-2-3-15-11(17)6-16-10-5-8(13)7(12)4-9(10)14/h4-5,16H,2-3,6,14H2,1H3,(H,15,17). The molecule has 0 saturated carbocycles. The van der Waals surface area contributed by atoms with E-state index in [2.05, 4.69) is 10.6 Å². The van der Waals surface area contributed by atoms with Crippen LogP contribution in [-0.4, -0.2) is 19.0 Å². The van der Waals surface area contributed by atoms with E-state index in [1.54, 1.807) is 0 Å². The average molecular weight is 260 g/mol. The first-order chi connectivity index (χ1) is 8.04. The van der Waals surface area contributed by atoms with Gasteiger partial charge in [-0.05, 0) is 12.5 Å². The van der Waals surface area contributed by atoms with Crippen molar-refractivity contribution < 1.29 is 9.18 Å². The van der Waals surface area contributed by atoms with Gasteiger partial charge >= 0.3 is 0 Å². The van der Waals surface area contributed by atoms with Crippen LogP contribution in [0.25, 0.3) is 0 Å². The lowest BCUT2D eigenvalue weighted by molar-refractivity contribution is -0.119. The zero-order chi connectivity index (χ0) is 12.8. The predicted molar refractivity (Wildman–Crippen MR) is 67.6 cm³/mol. The van der Waals surface area contributed by atoms with Crippen molar-refractivity contribution >= 4 is 28.9 Å². The molecule has 0 bridgehead atoms. The van der Waals surface area contributed by atoms with Crippen LogP contribution in [0.1, 0.15) is 13.3 Å². The largest absolute Gasteiger partial charge is 0.397 e. The maximum atomic E-state index is 13.2. The molecule has 0 heterocycles. The molecule has 0 radical (unpaired) electrons. The second-order valence-electron chi connectivity index (χ2n) is 3.56. The molecule has 0 atom stereocenters. The summed E-state index contributed by atoms with van der Waals surface area (Å²) in [4.78, 5) is 11.3. The molecule has 0 aliphatic carbocycles. The summed E-state index contributed by atoms with van der Waals surface area (Å²) in [5.41, 5.74) is 6.30. The first-order valence-corrected chi connectivity index (χ1v) is 5.67. The van der Waals surface area contributed by atoms with Gasteiger partial charge in [0.25, 0.3) is 0 Å². The lowest BCUT2D eigenvalue weighted by atomic mass is 10.2. The molecular formula is C11H15ClFN3O. The molecule has 4 N–H and O–H groups in total. The van der Waals surface area contributed by atoms with Gasteiger partial charge in [0.2, 0.25) is 5.91 Å². The van der Waals surface area contributed by atoms with Crippen LogP contribution in [0.4, 0.5) is 15.8 Å². The first kappa shape index (κ1) is 13.6. The van der Waals surface area contributed by atoms with E-state index in [1.807, 2.05) is 6.92 Å². The van der Waals surface area contributed by atoms with Crippen molar-refractivity contribution in [1.82, 2.24) is 5.32 Å². The maximum absolute atomic E-state index is 13.2. The van der Waals surface area contributed by atoms with Crippen LogP contribution < -0.4 is 16.4 Å². The van der Waals surface area contributed by atoms with E-state index in [9.17, 15) is 9.18 Å². The second-order valence-corrected chi connectivity index (χ2v) is 3.96. The number of carbonyl (C=O) groups is 1. The Morgan fingerprint density at radius 1 is 1.53 bits per heavy atom. The van der Waals surface area contributed by atoms with Crippen molar-refractivity contribution in [2.75, 3.05) is 24.1 Å². The number of nitrogens with two attached hydrogens (primary N) is 1. The minimum atomic E-state index is -0.572. The highest BCUT2D eigenvalue weighted by Gasteiger charge is 2.07. The van der Waals surface area contributed by atoms with Crippen molar-refractivity contribution in [3.63, 3.8) is 0 Å². The summed E-state index contributed by atoms with van der Waals surface area (Å²) >= 11 is 5.56. The summed E-state index contributed by atoms with van der Waals surface area (Å²) in [6, 6.07) is 2.48. The highest BCUT2D eigenvalue weighted by atomic mass is 35.5. The second kappa shape index (κ2) is 6.30. The molecule has 0 unspecified atom stereocenters. The molecule has 0 aliphatic rings. The first-order valence-electron chi connectivity index (χ1n) is 5.29. The summed E-state index contributed by atoms with van der Waals surface area (Å²) in [6.07, 6.45) is 0.865. The third-order valence-corrected chi connectivity index (χ3v) is 2.39. The van der Waals surface area contributed by atoms with Crippen LogP contribution in [0.15, 0.2) is 12.1 Å². The number of benzene rings is 1. The highest BCUT2D eigenvalue weighted by Crippen LogP contribution is 2.25. The Labute approximate surface area is 104 Å². The summed E-state index contributed by atoms with van der Waals surface area (Å²) < 4.78 is 13.2. The van der Waals surface area contributed by atoms with Gasteiger partial charge in [0.15, 0.2) is 0 Å². The molecule has 1 aromatic rings. The number of nitrogens with one attached hydrogen (secondary N) is 2. The van der Waals surface area contributed by atoms with Crippen LogP contribution in [0.5, 0.6) is 0 Å². The third kappa shape index (κ3) is 4.11. The number of hydrogen-bond acceptors (Lipinski definition) is 3. The van der Waals surface area contributed by atoms with E-state index in [0.29, 0.717) is 17.9 Å². The Morgan fingerprint density at radius 2 is 2.24 bits per heavy atom. The van der Waals surface area contributed by atoms with E-state index >= 15 is 0 Å². The van der Waals surface area contributed by atoms with Gasteiger partial charge in [0, 0.05) is 12.6 Å². The van der Waals surface area contributed by atoms with Crippen molar-refractivity contribution in [2.24, 2.45) is 0 Å². The van der Waals surface area contributed by atoms with E-state index in [1.165, 1.54) is 12.1 Å². The van der Waals surface area contributed by atoms with Crippen molar-refractivity contribution in [3.8, 4) is 0 Å². The molecule has 94 valence electrons. The number of anilines is 2. The molecule has 4 nitrogen and oxygen atoms in total. The van der Waals surface area contributed by atoms with Gasteiger partial charge in [-0.1, -0.05) is 18.5 Å². The molecular weight excluding hydrogens is 245 g/mol. The fraction of sp³-hybridized carbons (Fsp3) is 0.364. The topological polar surface area (TPSA) is 67.2 Å². The number of halogens is 2. The number of rotatable bonds is 5. The molecule has 0 fully saturated rings. The minimum absolute atomic E-state index is 0.0384. The zero-order valence-corrected chi connectivity index (χ0v) is 10.3. The maximum Gasteiger partial charge on any atom is 0.239 e. The monoisotopic (exact) mass is 259 g/mol. The molecule has 0 aliphatic heterocycles. The summed E-state index contributed by atoms with van der Waals surface area (Å²) in [7, 11) is 0. The Morgan fingerprint density at radius 3 is 2.88 bits per heavy atom. The van der Waals surface area contributed by atoms with Gasteiger partial charge in [0.05, 0.1) is 22.9 Å². The number of nitrogen functional groups attached to an aromatic ring is 1. The Kier molecular flexibility index (Phi) is 5.03. The number of amides is 1. The number of hydrogen-bond donors (Lipinski definition) is 3. The number of carbonyl (C=O) groups excluding carboxylic acids is 1. The van der Waals surface area contributed by atoms with Gasteiger partial charge in [-0.2, -0.15) is 0 Å². The minimum Gasteiger partial charge on any atom is -0.397 e. The van der Waals surface area contributed by atoms with Gasteiger partial charge in [-0.3, -0.25) is 4.79 Å². The van der Waals surface area contributed by atoms with Crippen LogP contribution in [0.2, 0.25) is 5.02 Å². The summed E-state index contributed by atoms with van der Waals surface area (Å²) in [6.45, 7) is 2.62. The van der Waals surface area contributed by atoms with E-state index in [-0.39, 0.29) is 17.5 Å². The van der Waals surface area contributed by atoms with Gasteiger partial charge in [-0.15, -0.1) is 0 Å². The molecule has 1 aromatic carbocycles. The lowest BCUT2D eigenvalue weighted by Crippen LogP contribution is -2.30. The molecule has 1 amide bonds. The van der Waals surface area contributed by atoms with Crippen LogP contribution in [0.3, 0.4) is 0 Å². The van der Waals surface area contributed by atoms with E-state index in [4.69, 9.17) is 17.3 Å². The van der Waals surface area contributed by atoms with Crippen LogP contribution in [-0.2, 0) is 4.79 Å². The molecule has 0 saturated heterocycles. The molecule has 17 heavy (non-hydrogen) atoms. The summed E-state index contributed by atoms with van der Waals surface area (Å²) in [5.74, 6) is -0.737. The lowest BCUT2D eigenvalue weighted by Gasteiger charge is -2.10. The average Bonchev–Trinajstić information content (AvgIpc) is 2.29. The fourth-order valence-corrected chi connectivity index (χ4v) is 1.39. The van der Waals surface area contributed by atoms with E-state index < -0.39 is 5.82 Å². The van der Waals surface area contributed by atoms with E-state index in [0.717, 1.165) is 6.42 Å².